The third-order valence-electron chi connectivity index (χ3n) is 6.84. The molecule has 1 saturated carbocycles. The van der Waals surface area contributed by atoms with Gasteiger partial charge in [0.05, 0.1) is 18.5 Å². The van der Waals surface area contributed by atoms with E-state index in [2.05, 4.69) is 9.97 Å². The molecule has 4 rings (SSSR count). The largest absolute Gasteiger partial charge is 0.496 e. The highest BCUT2D eigenvalue weighted by Crippen LogP contribution is 2.37. The van der Waals surface area contributed by atoms with Crippen molar-refractivity contribution in [2.45, 2.75) is 44.7 Å². The second-order valence-electron chi connectivity index (χ2n) is 9.51. The Morgan fingerprint density at radius 2 is 1.94 bits per heavy atom. The molecule has 0 aliphatic heterocycles. The van der Waals surface area contributed by atoms with Crippen LogP contribution in [0.4, 0.5) is 5.82 Å². The minimum atomic E-state index is 0.0518. The zero-order valence-corrected chi connectivity index (χ0v) is 21.2. The van der Waals surface area contributed by atoms with Crippen molar-refractivity contribution in [3.05, 3.63) is 42.2 Å². The van der Waals surface area contributed by atoms with E-state index in [4.69, 9.17) is 15.6 Å². The van der Waals surface area contributed by atoms with Gasteiger partial charge in [0.2, 0.25) is 5.91 Å². The Morgan fingerprint density at radius 3 is 2.63 bits per heavy atom. The van der Waals surface area contributed by atoms with Gasteiger partial charge >= 0.3 is 0 Å². The van der Waals surface area contributed by atoms with E-state index >= 15 is 0 Å². The molecule has 1 amide bonds. The molecule has 186 valence electrons. The number of methoxy groups -OCH3 is 1. The van der Waals surface area contributed by atoms with Gasteiger partial charge in [-0.1, -0.05) is 18.2 Å². The van der Waals surface area contributed by atoms with Crippen LogP contribution in [0.3, 0.4) is 0 Å². The highest BCUT2D eigenvalue weighted by atomic mass is 16.5. The molecule has 2 N–H and O–H groups in total. The lowest BCUT2D eigenvalue weighted by Crippen LogP contribution is -2.39. The second kappa shape index (κ2) is 10.4. The number of carbonyl (C=O) groups is 1. The van der Waals surface area contributed by atoms with E-state index in [0.29, 0.717) is 5.82 Å². The Balaban J connectivity index is 1.56. The molecule has 2 aromatic heterocycles. The minimum Gasteiger partial charge on any atom is -0.496 e. The fraction of sp³-hybridized carbons (Fsp3) is 0.462. The minimum absolute atomic E-state index is 0.0518. The van der Waals surface area contributed by atoms with E-state index in [1.54, 1.807) is 13.2 Å². The zero-order chi connectivity index (χ0) is 25.1. The number of likely N-dealkylation sites (N-methyl/N-ethyl adjacent to an activating group) is 2. The summed E-state index contributed by atoms with van der Waals surface area (Å²) in [6, 6.07) is 6.42. The molecule has 0 spiro atoms. The molecule has 0 saturated heterocycles. The van der Waals surface area contributed by atoms with Crippen molar-refractivity contribution in [1.82, 2.24) is 29.5 Å². The number of nitrogens with two attached hydrogens (primary N) is 1. The lowest BCUT2D eigenvalue weighted by Gasteiger charge is -2.34. The van der Waals surface area contributed by atoms with Crippen molar-refractivity contribution in [2.75, 3.05) is 40.5 Å². The number of carbonyl (C=O) groups excluding carboxylic acids is 1. The Labute approximate surface area is 206 Å². The average molecular weight is 478 g/mol. The monoisotopic (exact) mass is 477 g/mol. The molecule has 2 heterocycles. The Kier molecular flexibility index (Phi) is 7.35. The van der Waals surface area contributed by atoms with E-state index in [0.717, 1.165) is 65.8 Å². The van der Waals surface area contributed by atoms with Gasteiger partial charge in [-0.05, 0) is 58.3 Å². The number of amides is 1. The van der Waals surface area contributed by atoms with Crippen LogP contribution in [-0.4, -0.2) is 76.3 Å². The molecular formula is C26H35N7O2. The smallest absolute Gasteiger partial charge is 0.246 e. The summed E-state index contributed by atoms with van der Waals surface area (Å²) >= 11 is 0. The highest BCUT2D eigenvalue weighted by Gasteiger charge is 2.29. The first kappa shape index (κ1) is 24.7. The van der Waals surface area contributed by atoms with Crippen LogP contribution in [0.5, 0.6) is 5.75 Å². The number of aromatic nitrogens is 4. The third-order valence-corrected chi connectivity index (χ3v) is 6.84. The van der Waals surface area contributed by atoms with Crippen molar-refractivity contribution in [3.8, 4) is 17.0 Å². The van der Waals surface area contributed by atoms with Gasteiger partial charge in [0, 0.05) is 31.3 Å². The Morgan fingerprint density at radius 1 is 1.20 bits per heavy atom. The average Bonchev–Trinajstić information content (AvgIpc) is 3.24. The quantitative estimate of drug-likeness (QED) is 0.520. The molecule has 1 aliphatic rings. The lowest BCUT2D eigenvalue weighted by molar-refractivity contribution is -0.127. The van der Waals surface area contributed by atoms with E-state index < -0.39 is 0 Å². The van der Waals surface area contributed by atoms with Crippen molar-refractivity contribution in [2.24, 2.45) is 0 Å². The van der Waals surface area contributed by atoms with E-state index in [-0.39, 0.29) is 18.0 Å². The van der Waals surface area contributed by atoms with Crippen molar-refractivity contribution in [1.29, 1.82) is 0 Å². The van der Waals surface area contributed by atoms with Gasteiger partial charge in [0.15, 0.2) is 5.65 Å². The maximum absolute atomic E-state index is 12.6. The fourth-order valence-corrected chi connectivity index (χ4v) is 4.77. The maximum atomic E-state index is 12.6. The molecule has 0 bridgehead atoms. The van der Waals surface area contributed by atoms with Crippen LogP contribution in [-0.2, 0) is 4.79 Å². The summed E-state index contributed by atoms with van der Waals surface area (Å²) in [6.07, 6.45) is 8.70. The number of benzene rings is 1. The SMILES string of the molecule is COc1cc(-c2nn(C3CCC(N(C)C(=O)C=CCN(C)C)CC3)c3ncnc(N)c23)ccc1C. The Bertz CT molecular complexity index is 1230. The van der Waals surface area contributed by atoms with E-state index in [1.807, 2.05) is 66.8 Å². The normalized spacial score (nSPS) is 18.5. The van der Waals surface area contributed by atoms with E-state index in [9.17, 15) is 4.79 Å². The number of rotatable bonds is 7. The lowest BCUT2D eigenvalue weighted by atomic mass is 9.90. The number of hydrogen-bond donors (Lipinski definition) is 1. The zero-order valence-electron chi connectivity index (χ0n) is 21.2. The summed E-state index contributed by atoms with van der Waals surface area (Å²) in [5.41, 5.74) is 9.78. The highest BCUT2D eigenvalue weighted by molar-refractivity contribution is 5.98. The predicted octanol–water partition coefficient (Wildman–Crippen LogP) is 3.45. The number of ether oxygens (including phenoxy) is 1. The Hall–Kier alpha value is -3.46. The number of nitrogen functional groups attached to an aromatic ring is 1. The summed E-state index contributed by atoms with van der Waals surface area (Å²) in [4.78, 5) is 25.3. The maximum Gasteiger partial charge on any atom is 0.246 e. The van der Waals surface area contributed by atoms with Gasteiger partial charge in [0.25, 0.3) is 0 Å². The number of hydrogen-bond acceptors (Lipinski definition) is 7. The number of fused-ring (bicyclic) bond motifs is 1. The molecule has 1 fully saturated rings. The van der Waals surface area contributed by atoms with Gasteiger partial charge in [-0.2, -0.15) is 5.10 Å². The van der Waals surface area contributed by atoms with Crippen LogP contribution in [0.15, 0.2) is 36.7 Å². The molecule has 3 aromatic rings. The van der Waals surface area contributed by atoms with Crippen LogP contribution in [0.2, 0.25) is 0 Å². The van der Waals surface area contributed by atoms with Crippen LogP contribution >= 0.6 is 0 Å². The number of anilines is 1. The molecule has 9 nitrogen and oxygen atoms in total. The van der Waals surface area contributed by atoms with Gasteiger partial charge < -0.3 is 20.3 Å². The first-order chi connectivity index (χ1) is 16.8. The van der Waals surface area contributed by atoms with Gasteiger partial charge in [0.1, 0.15) is 23.6 Å². The van der Waals surface area contributed by atoms with Crippen molar-refractivity contribution in [3.63, 3.8) is 0 Å². The van der Waals surface area contributed by atoms with Crippen LogP contribution in [0, 0.1) is 6.92 Å². The summed E-state index contributed by atoms with van der Waals surface area (Å²) in [5, 5.41) is 5.76. The summed E-state index contributed by atoms with van der Waals surface area (Å²) in [6.45, 7) is 2.76. The molecule has 9 heteroatoms. The molecule has 0 unspecified atom stereocenters. The topological polar surface area (TPSA) is 102 Å². The molecule has 1 aliphatic carbocycles. The third kappa shape index (κ3) is 5.14. The molecular weight excluding hydrogens is 442 g/mol. The first-order valence-electron chi connectivity index (χ1n) is 12.0. The standard InChI is InChI=1S/C26H35N7O2/c1-17-8-9-18(15-21(17)35-5)24-23-25(27)28-16-29-26(23)33(30-24)20-12-10-19(11-13-20)32(4)22(34)7-6-14-31(2)3/h6-9,15-16,19-20H,10-14H2,1-5H3,(H2,27,28,29). The van der Waals surface area contributed by atoms with Crippen LogP contribution in [0.25, 0.3) is 22.3 Å². The molecule has 0 atom stereocenters. The second-order valence-corrected chi connectivity index (χ2v) is 9.51. The van der Waals surface area contributed by atoms with Crippen molar-refractivity contribution < 1.29 is 9.53 Å². The number of nitrogens with zero attached hydrogens (tertiary/aromatic N) is 6. The van der Waals surface area contributed by atoms with Crippen LogP contribution in [0.1, 0.15) is 37.3 Å². The van der Waals surface area contributed by atoms with Gasteiger partial charge in [-0.3, -0.25) is 4.79 Å². The van der Waals surface area contributed by atoms with Gasteiger partial charge in [-0.25, -0.2) is 14.6 Å². The predicted molar refractivity (Wildman–Crippen MR) is 138 cm³/mol. The van der Waals surface area contributed by atoms with Crippen LogP contribution < -0.4 is 10.5 Å². The summed E-state index contributed by atoms with van der Waals surface area (Å²) < 4.78 is 7.53. The molecule has 1 aromatic carbocycles. The molecule has 0 radical (unpaired) electrons. The van der Waals surface area contributed by atoms with Crippen molar-refractivity contribution >= 4 is 22.8 Å². The van der Waals surface area contributed by atoms with E-state index in [1.165, 1.54) is 6.33 Å². The summed E-state index contributed by atoms with van der Waals surface area (Å²) in [5.74, 6) is 1.27. The summed E-state index contributed by atoms with van der Waals surface area (Å²) in [7, 11) is 7.53. The number of aryl methyl sites for hydroxylation is 1. The molecule has 35 heavy (non-hydrogen) atoms. The van der Waals surface area contributed by atoms with Gasteiger partial charge in [-0.15, -0.1) is 0 Å². The first-order valence-corrected chi connectivity index (χ1v) is 12.0. The fourth-order valence-electron chi connectivity index (χ4n) is 4.77.